The number of hydrogen-bond donors (Lipinski definition) is 5. The third kappa shape index (κ3) is 11.5. The minimum Gasteiger partial charge on any atom is -0.360 e. The van der Waals surface area contributed by atoms with E-state index in [2.05, 4.69) is 31.6 Å². The lowest BCUT2D eigenvalue weighted by atomic mass is 9.82. The van der Waals surface area contributed by atoms with Crippen LogP contribution in [-0.4, -0.2) is 94.3 Å². The van der Waals surface area contributed by atoms with Gasteiger partial charge in [0.25, 0.3) is 0 Å². The van der Waals surface area contributed by atoms with Gasteiger partial charge in [0.05, 0.1) is 12.1 Å². The summed E-state index contributed by atoms with van der Waals surface area (Å²) >= 11 is 1.34. The molecule has 58 heavy (non-hydrogen) atoms. The summed E-state index contributed by atoms with van der Waals surface area (Å²) < 4.78 is 0. The Morgan fingerprint density at radius 3 is 2.19 bits per heavy atom. The number of amides is 5. The zero-order valence-corrected chi connectivity index (χ0v) is 36.8. The molecule has 3 heterocycles. The predicted molar refractivity (Wildman–Crippen MR) is 226 cm³/mol. The van der Waals surface area contributed by atoms with Gasteiger partial charge in [0.15, 0.2) is 0 Å². The van der Waals surface area contributed by atoms with Crippen LogP contribution in [0.2, 0.25) is 0 Å². The molecular weight excluding hydrogens is 757 g/mol. The van der Waals surface area contributed by atoms with E-state index in [1.807, 2.05) is 99.6 Å². The third-order valence-electron chi connectivity index (χ3n) is 11.1. The quantitative estimate of drug-likeness (QED) is 0.210. The van der Waals surface area contributed by atoms with Crippen LogP contribution in [0.1, 0.15) is 118 Å². The van der Waals surface area contributed by atoms with Gasteiger partial charge in [-0.1, -0.05) is 106 Å². The lowest BCUT2D eigenvalue weighted by Crippen LogP contribution is -2.65. The molecule has 4 rings (SSSR count). The topological polar surface area (TPSA) is 191 Å². The maximum absolute atomic E-state index is 14.8. The molecule has 0 aliphatic carbocycles. The van der Waals surface area contributed by atoms with E-state index in [-0.39, 0.29) is 48.2 Å². The Morgan fingerprint density at radius 2 is 1.62 bits per heavy atom. The Balaban J connectivity index is 1.76. The van der Waals surface area contributed by atoms with Crippen LogP contribution in [0.3, 0.4) is 0 Å². The molecule has 1 aromatic heterocycles. The second-order valence-electron chi connectivity index (χ2n) is 18.2. The minimum absolute atomic E-state index is 0.0390. The number of hydrogen-bond acceptors (Lipinski definition) is 10. The van der Waals surface area contributed by atoms with Gasteiger partial charge in [-0.25, -0.2) is 4.98 Å². The number of aromatic nitrogens is 1. The maximum atomic E-state index is 14.8. The van der Waals surface area contributed by atoms with E-state index in [1.165, 1.54) is 11.3 Å². The fraction of sp³-hybridized carbons (Fsp3) is 0.628. The van der Waals surface area contributed by atoms with Crippen molar-refractivity contribution in [2.45, 2.75) is 138 Å². The second kappa shape index (κ2) is 19.4. The van der Waals surface area contributed by atoms with Crippen molar-refractivity contribution in [1.29, 1.82) is 0 Å². The second-order valence-corrected chi connectivity index (χ2v) is 19.1. The largest absolute Gasteiger partial charge is 0.360 e. The number of rotatable bonds is 12. The standard InChI is InChI=1S/C43H64N8O6S/c1-12-28(52)22-29(41-44-19-21-58-41)46-38(55)32(26(5)27-16-14-13-15-17-27)48-40(57)35(43(9,10)11)49-36-34(42(6,7)8)50-37(54)31(24(2)3)47-39(56)33-25(4)18-20-51(33)30(53)23-45-36/h13-17,19,21,24-26,29,31-35H,12,18,20,22-23H2,1-11H3,(H,45,49)(H,46,55)(H,47,56)(H,48,57)(H,50,54)/t25-,26+,29+,31+,32+,33+,34-,35-/m1/s1. The Hall–Kier alpha value is -4.66. The van der Waals surface area contributed by atoms with Crippen molar-refractivity contribution in [3.05, 3.63) is 52.5 Å². The lowest BCUT2D eigenvalue weighted by molar-refractivity contribution is -0.140. The van der Waals surface area contributed by atoms with Gasteiger partial charge < -0.3 is 31.5 Å². The van der Waals surface area contributed by atoms with Crippen molar-refractivity contribution in [3.8, 4) is 0 Å². The lowest BCUT2D eigenvalue weighted by Gasteiger charge is -2.39. The first-order chi connectivity index (χ1) is 27.1. The van der Waals surface area contributed by atoms with Crippen LogP contribution in [0.4, 0.5) is 0 Å². The van der Waals surface area contributed by atoms with Crippen molar-refractivity contribution < 1.29 is 28.8 Å². The van der Waals surface area contributed by atoms with E-state index in [0.29, 0.717) is 24.4 Å². The van der Waals surface area contributed by atoms with Crippen molar-refractivity contribution in [3.63, 3.8) is 0 Å². The summed E-state index contributed by atoms with van der Waals surface area (Å²) in [6.45, 7) is 20.7. The Bertz CT molecular complexity index is 1800. The van der Waals surface area contributed by atoms with Crippen LogP contribution in [0.15, 0.2) is 46.9 Å². The number of benzene rings is 1. The predicted octanol–water partition coefficient (Wildman–Crippen LogP) is 4.28. The van der Waals surface area contributed by atoms with Crippen LogP contribution in [0, 0.1) is 22.7 Å². The van der Waals surface area contributed by atoms with Crippen LogP contribution in [-0.2, 0) is 28.8 Å². The highest BCUT2D eigenvalue weighted by molar-refractivity contribution is 7.09. The van der Waals surface area contributed by atoms with Crippen LogP contribution in [0.25, 0.3) is 0 Å². The molecule has 318 valence electrons. The maximum Gasteiger partial charge on any atom is 0.244 e. The molecule has 15 heteroatoms. The molecule has 2 aliphatic rings. The third-order valence-corrected chi connectivity index (χ3v) is 12.0. The number of nitrogens with one attached hydrogen (secondary N) is 5. The fourth-order valence-corrected chi connectivity index (χ4v) is 8.15. The highest BCUT2D eigenvalue weighted by Gasteiger charge is 2.44. The summed E-state index contributed by atoms with van der Waals surface area (Å²) in [5.41, 5.74) is -0.655. The molecule has 14 nitrogen and oxygen atoms in total. The van der Waals surface area contributed by atoms with E-state index in [1.54, 1.807) is 23.4 Å². The molecule has 0 saturated carbocycles. The Morgan fingerprint density at radius 1 is 0.948 bits per heavy atom. The van der Waals surface area contributed by atoms with Crippen molar-refractivity contribution in [1.82, 2.24) is 36.5 Å². The highest BCUT2D eigenvalue weighted by Crippen LogP contribution is 2.29. The molecule has 2 aliphatic heterocycles. The number of carbonyl (C=O) groups excluding carboxylic acids is 6. The van der Waals surface area contributed by atoms with Gasteiger partial charge in [-0.2, -0.15) is 0 Å². The van der Waals surface area contributed by atoms with Gasteiger partial charge >= 0.3 is 0 Å². The van der Waals surface area contributed by atoms with Gasteiger partial charge in [0, 0.05) is 36.9 Å². The van der Waals surface area contributed by atoms with Crippen LogP contribution in [0.5, 0.6) is 0 Å². The molecule has 0 bridgehead atoms. The highest BCUT2D eigenvalue weighted by atomic mass is 32.1. The minimum atomic E-state index is -1.08. The van der Waals surface area contributed by atoms with Crippen LogP contribution < -0.4 is 26.6 Å². The first-order valence-corrected chi connectivity index (χ1v) is 21.3. The zero-order valence-electron chi connectivity index (χ0n) is 36.0. The number of aliphatic imine (C=N–C) groups is 1. The Kier molecular flexibility index (Phi) is 15.4. The molecule has 5 N–H and O–H groups in total. The summed E-state index contributed by atoms with van der Waals surface area (Å²) in [6.07, 6.45) is 2.60. The average molecular weight is 821 g/mol. The van der Waals surface area contributed by atoms with Gasteiger partial charge in [-0.15, -0.1) is 11.3 Å². The normalized spacial score (nSPS) is 22.9. The van der Waals surface area contributed by atoms with Crippen molar-refractivity contribution in [2.24, 2.45) is 27.7 Å². The SMILES string of the molecule is CCC(=O)C[C@H](NC(=O)[C@@H](NC(=O)[C@@H](NC1=NCC(=O)N2CC[C@@H](C)[C@H]2C(=O)N[C@@H](C(C)C)C(=O)N[C@H]1C(C)(C)C)C(C)(C)C)[C@@H](C)c1ccccc1)c1nccs1. The van der Waals surface area contributed by atoms with Gasteiger partial charge in [0.2, 0.25) is 29.5 Å². The molecule has 8 atom stereocenters. The van der Waals surface area contributed by atoms with E-state index in [9.17, 15) is 28.8 Å². The first-order valence-electron chi connectivity index (χ1n) is 20.4. The van der Waals surface area contributed by atoms with Crippen LogP contribution >= 0.6 is 11.3 Å². The summed E-state index contributed by atoms with van der Waals surface area (Å²) in [7, 11) is 0. The number of ketones is 1. The van der Waals surface area contributed by atoms with Crippen molar-refractivity contribution in [2.75, 3.05) is 13.1 Å². The van der Waals surface area contributed by atoms with Crippen molar-refractivity contribution >= 4 is 52.5 Å². The monoisotopic (exact) mass is 820 g/mol. The molecule has 1 aromatic carbocycles. The van der Waals surface area contributed by atoms with E-state index in [0.717, 1.165) is 5.56 Å². The number of amidine groups is 1. The molecule has 0 radical (unpaired) electrons. The number of fused-ring (bicyclic) bond motifs is 1. The molecule has 1 saturated heterocycles. The summed E-state index contributed by atoms with van der Waals surface area (Å²) in [5, 5.41) is 17.9. The molecule has 1 fully saturated rings. The smallest absolute Gasteiger partial charge is 0.244 e. The molecule has 0 spiro atoms. The van der Waals surface area contributed by atoms with Gasteiger partial charge in [-0.3, -0.25) is 33.8 Å². The molecule has 5 amide bonds. The van der Waals surface area contributed by atoms with Gasteiger partial charge in [-0.05, 0) is 34.7 Å². The van der Waals surface area contributed by atoms with Gasteiger partial charge in [0.1, 0.15) is 47.3 Å². The first kappa shape index (κ1) is 46.0. The molecule has 2 aromatic rings. The average Bonchev–Trinajstić information content (AvgIpc) is 3.83. The summed E-state index contributed by atoms with van der Waals surface area (Å²) in [5.74, 6) is -2.82. The zero-order chi connectivity index (χ0) is 43.1. The molecular formula is C43H64N8O6S. The number of carbonyl (C=O) groups is 6. The van der Waals surface area contributed by atoms with E-state index < -0.39 is 70.7 Å². The number of nitrogens with zero attached hydrogens (tertiary/aromatic N) is 3. The fourth-order valence-electron chi connectivity index (χ4n) is 7.46. The summed E-state index contributed by atoms with van der Waals surface area (Å²) in [6, 6.07) is 4.13. The Labute approximate surface area is 347 Å². The number of Topliss-reactive ketones (excluding diaryl/α,β-unsaturated/α-hetero) is 1. The van der Waals surface area contributed by atoms with E-state index >= 15 is 0 Å². The van der Waals surface area contributed by atoms with E-state index in [4.69, 9.17) is 4.99 Å². The number of thiazole rings is 1. The molecule has 0 unspecified atom stereocenters. The summed E-state index contributed by atoms with van der Waals surface area (Å²) in [4.78, 5) is 94.2.